The number of hydrogen-bond acceptors (Lipinski definition) is 4. The molecule has 0 aliphatic heterocycles. The summed E-state index contributed by atoms with van der Waals surface area (Å²) in [5.74, 6) is -0.139. The third-order valence-electron chi connectivity index (χ3n) is 2.85. The number of nitrogens with zero attached hydrogens (tertiary/aromatic N) is 2. The fraction of sp³-hybridized carbons (Fsp3) is 0.357. The van der Waals surface area contributed by atoms with Crippen molar-refractivity contribution >= 4 is 22.4 Å². The number of rotatable bonds is 5. The minimum absolute atomic E-state index is 0.01000. The van der Waals surface area contributed by atoms with Gasteiger partial charge in [0.2, 0.25) is 11.0 Å². The third-order valence-corrected chi connectivity index (χ3v) is 3.61. The van der Waals surface area contributed by atoms with E-state index in [1.807, 2.05) is 37.3 Å². The van der Waals surface area contributed by atoms with Crippen molar-refractivity contribution in [1.29, 1.82) is 0 Å². The van der Waals surface area contributed by atoms with Crippen LogP contribution in [0.4, 0.5) is 5.13 Å². The minimum atomic E-state index is -0.129. The van der Waals surface area contributed by atoms with Crippen molar-refractivity contribution in [2.45, 2.75) is 32.6 Å². The summed E-state index contributed by atoms with van der Waals surface area (Å²) in [7, 11) is 0. The highest BCUT2D eigenvalue weighted by Crippen LogP contribution is 2.24. The molecule has 0 radical (unpaired) electrons. The Bertz CT molecular complexity index is 539. The molecule has 0 spiro atoms. The lowest BCUT2D eigenvalue weighted by molar-refractivity contribution is -0.117. The van der Waals surface area contributed by atoms with E-state index in [1.165, 1.54) is 11.3 Å². The zero-order valence-electron chi connectivity index (χ0n) is 11.1. The van der Waals surface area contributed by atoms with Crippen LogP contribution in [-0.2, 0) is 4.79 Å². The van der Waals surface area contributed by atoms with E-state index in [0.29, 0.717) is 5.13 Å². The number of carbonyl (C=O) groups is 1. The molecule has 2 rings (SSSR count). The first-order valence-electron chi connectivity index (χ1n) is 6.36. The van der Waals surface area contributed by atoms with Crippen LogP contribution < -0.4 is 5.32 Å². The van der Waals surface area contributed by atoms with E-state index in [1.54, 1.807) is 0 Å². The van der Waals surface area contributed by atoms with Crippen molar-refractivity contribution in [3.63, 3.8) is 0 Å². The standard InChI is InChI=1S/C14H17N3OS/c1-3-7-12(11-8-5-4-6-9-11)13(18)15-14-17-16-10(2)19-14/h4-6,8-9,12H,3,7H2,1-2H3,(H,15,17,18)/t12-/m0/s1. The molecule has 1 atom stereocenters. The lowest BCUT2D eigenvalue weighted by Crippen LogP contribution is -2.21. The maximum atomic E-state index is 12.3. The Morgan fingerprint density at radius 1 is 1.32 bits per heavy atom. The number of aromatic nitrogens is 2. The second kappa shape index (κ2) is 6.43. The normalized spacial score (nSPS) is 12.1. The average Bonchev–Trinajstić information content (AvgIpc) is 2.82. The molecule has 0 saturated carbocycles. The van der Waals surface area contributed by atoms with Crippen molar-refractivity contribution in [3.05, 3.63) is 40.9 Å². The molecule has 100 valence electrons. The molecule has 0 fully saturated rings. The summed E-state index contributed by atoms with van der Waals surface area (Å²) in [5.41, 5.74) is 1.04. The molecule has 19 heavy (non-hydrogen) atoms. The zero-order chi connectivity index (χ0) is 13.7. The molecule has 1 amide bonds. The largest absolute Gasteiger partial charge is 0.300 e. The Morgan fingerprint density at radius 2 is 2.05 bits per heavy atom. The SMILES string of the molecule is CCC[C@H](C(=O)Nc1nnc(C)s1)c1ccccc1. The highest BCUT2D eigenvalue weighted by Gasteiger charge is 2.20. The summed E-state index contributed by atoms with van der Waals surface area (Å²) in [5, 5.41) is 12.1. The molecule has 0 aliphatic carbocycles. The van der Waals surface area contributed by atoms with Gasteiger partial charge in [-0.05, 0) is 18.9 Å². The van der Waals surface area contributed by atoms with E-state index in [4.69, 9.17) is 0 Å². The Balaban J connectivity index is 2.13. The van der Waals surface area contributed by atoms with Crippen molar-refractivity contribution < 1.29 is 4.79 Å². The first-order valence-corrected chi connectivity index (χ1v) is 7.18. The molecule has 1 aromatic carbocycles. The van der Waals surface area contributed by atoms with Crippen LogP contribution in [0.25, 0.3) is 0 Å². The fourth-order valence-electron chi connectivity index (χ4n) is 1.96. The smallest absolute Gasteiger partial charge is 0.233 e. The van der Waals surface area contributed by atoms with Crippen molar-refractivity contribution in [3.8, 4) is 0 Å². The second-order valence-electron chi connectivity index (χ2n) is 4.37. The Labute approximate surface area is 116 Å². The van der Waals surface area contributed by atoms with Crippen LogP contribution in [0.2, 0.25) is 0 Å². The highest BCUT2D eigenvalue weighted by molar-refractivity contribution is 7.15. The number of hydrogen-bond donors (Lipinski definition) is 1. The van der Waals surface area contributed by atoms with E-state index in [2.05, 4.69) is 22.4 Å². The molecule has 5 heteroatoms. The molecule has 1 heterocycles. The summed E-state index contributed by atoms with van der Waals surface area (Å²) in [6.45, 7) is 3.95. The third kappa shape index (κ3) is 3.61. The predicted molar refractivity (Wildman–Crippen MR) is 77.4 cm³/mol. The van der Waals surface area contributed by atoms with E-state index in [-0.39, 0.29) is 11.8 Å². The van der Waals surface area contributed by atoms with Crippen LogP contribution in [-0.4, -0.2) is 16.1 Å². The van der Waals surface area contributed by atoms with Gasteiger partial charge in [0, 0.05) is 0 Å². The zero-order valence-corrected chi connectivity index (χ0v) is 11.9. The molecule has 0 bridgehead atoms. The maximum absolute atomic E-state index is 12.3. The number of aryl methyl sites for hydroxylation is 1. The average molecular weight is 275 g/mol. The van der Waals surface area contributed by atoms with Gasteiger partial charge in [-0.15, -0.1) is 10.2 Å². The Hall–Kier alpha value is -1.75. The molecule has 4 nitrogen and oxygen atoms in total. The topological polar surface area (TPSA) is 54.9 Å². The highest BCUT2D eigenvalue weighted by atomic mass is 32.1. The number of carbonyl (C=O) groups excluding carboxylic acids is 1. The number of anilines is 1. The van der Waals surface area contributed by atoms with E-state index in [0.717, 1.165) is 23.4 Å². The first kappa shape index (κ1) is 13.7. The molecule has 1 N–H and O–H groups in total. The molecule has 2 aromatic rings. The van der Waals surface area contributed by atoms with Crippen molar-refractivity contribution in [1.82, 2.24) is 10.2 Å². The molecular weight excluding hydrogens is 258 g/mol. The summed E-state index contributed by atoms with van der Waals surface area (Å²) >= 11 is 1.39. The van der Waals surface area contributed by atoms with Gasteiger partial charge < -0.3 is 0 Å². The van der Waals surface area contributed by atoms with Crippen molar-refractivity contribution in [2.24, 2.45) is 0 Å². The summed E-state index contributed by atoms with van der Waals surface area (Å²) in [6.07, 6.45) is 1.79. The molecule has 0 unspecified atom stereocenters. The van der Waals surface area contributed by atoms with Gasteiger partial charge in [0.05, 0.1) is 5.92 Å². The van der Waals surface area contributed by atoms with Gasteiger partial charge in [0.1, 0.15) is 5.01 Å². The second-order valence-corrected chi connectivity index (χ2v) is 5.55. The van der Waals surface area contributed by atoms with Gasteiger partial charge in [-0.1, -0.05) is 55.0 Å². The quantitative estimate of drug-likeness (QED) is 0.910. The Kier molecular flexibility index (Phi) is 4.63. The minimum Gasteiger partial charge on any atom is -0.300 e. The van der Waals surface area contributed by atoms with Crippen LogP contribution in [0.1, 0.15) is 36.3 Å². The van der Waals surface area contributed by atoms with Crippen LogP contribution in [0, 0.1) is 6.92 Å². The van der Waals surface area contributed by atoms with E-state index < -0.39 is 0 Å². The number of benzene rings is 1. The van der Waals surface area contributed by atoms with Gasteiger partial charge in [0.25, 0.3) is 0 Å². The summed E-state index contributed by atoms with van der Waals surface area (Å²) in [6, 6.07) is 9.86. The number of nitrogens with one attached hydrogen (secondary N) is 1. The fourth-order valence-corrected chi connectivity index (χ4v) is 2.56. The van der Waals surface area contributed by atoms with Crippen molar-refractivity contribution in [2.75, 3.05) is 5.32 Å². The molecule has 1 aromatic heterocycles. The Morgan fingerprint density at radius 3 is 2.63 bits per heavy atom. The monoisotopic (exact) mass is 275 g/mol. The van der Waals surface area contributed by atoms with Gasteiger partial charge >= 0.3 is 0 Å². The van der Waals surface area contributed by atoms with Crippen LogP contribution in [0.3, 0.4) is 0 Å². The number of amides is 1. The lowest BCUT2D eigenvalue weighted by Gasteiger charge is -2.15. The van der Waals surface area contributed by atoms with Gasteiger partial charge in [-0.3, -0.25) is 10.1 Å². The molecular formula is C14H17N3OS. The van der Waals surface area contributed by atoms with Gasteiger partial charge in [0.15, 0.2) is 0 Å². The summed E-state index contributed by atoms with van der Waals surface area (Å²) < 4.78 is 0. The van der Waals surface area contributed by atoms with E-state index in [9.17, 15) is 4.79 Å². The van der Waals surface area contributed by atoms with Crippen LogP contribution >= 0.6 is 11.3 Å². The maximum Gasteiger partial charge on any atom is 0.233 e. The predicted octanol–water partition coefficient (Wildman–Crippen LogP) is 3.37. The molecule has 0 aliphatic rings. The van der Waals surface area contributed by atoms with Gasteiger partial charge in [-0.2, -0.15) is 0 Å². The first-order chi connectivity index (χ1) is 9.20. The lowest BCUT2D eigenvalue weighted by atomic mass is 9.94. The molecule has 0 saturated heterocycles. The summed E-state index contributed by atoms with van der Waals surface area (Å²) in [4.78, 5) is 12.3. The van der Waals surface area contributed by atoms with E-state index >= 15 is 0 Å². The van der Waals surface area contributed by atoms with Gasteiger partial charge in [-0.25, -0.2) is 0 Å². The van der Waals surface area contributed by atoms with Crippen LogP contribution in [0.5, 0.6) is 0 Å². The van der Waals surface area contributed by atoms with Crippen LogP contribution in [0.15, 0.2) is 30.3 Å².